The molecule has 0 spiro atoms. The highest BCUT2D eigenvalue weighted by Gasteiger charge is 2.11. The molecule has 0 aromatic heterocycles. The van der Waals surface area contributed by atoms with Gasteiger partial charge in [0.2, 0.25) is 0 Å². The number of unbranched alkanes of at least 4 members (excludes halogenated alkanes) is 6. The zero-order chi connectivity index (χ0) is 16.2. The second-order valence-corrected chi connectivity index (χ2v) is 5.94. The third-order valence-electron chi connectivity index (χ3n) is 4.02. The molecule has 0 aliphatic rings. The zero-order valence-corrected chi connectivity index (χ0v) is 14.2. The molecule has 0 atom stereocenters. The van der Waals surface area contributed by atoms with Gasteiger partial charge in [0.25, 0.3) is 0 Å². The summed E-state index contributed by atoms with van der Waals surface area (Å²) in [6.07, 6.45) is 11.1. The van der Waals surface area contributed by atoms with Crippen LogP contribution in [0, 0.1) is 0 Å². The molecule has 1 rings (SSSR count). The number of ether oxygens (including phenoxy) is 1. The monoisotopic (exact) mass is 305 g/mol. The normalized spacial score (nSPS) is 10.6. The van der Waals surface area contributed by atoms with Gasteiger partial charge in [-0.15, -0.1) is 0 Å². The highest BCUT2D eigenvalue weighted by Crippen LogP contribution is 2.26. The highest BCUT2D eigenvalue weighted by molar-refractivity contribution is 5.68. The molecule has 0 heterocycles. The summed E-state index contributed by atoms with van der Waals surface area (Å²) in [6, 6.07) is 5.98. The van der Waals surface area contributed by atoms with Crippen LogP contribution in [-0.2, 0) is 12.8 Å². The van der Waals surface area contributed by atoms with Crippen molar-refractivity contribution in [3.05, 3.63) is 29.3 Å². The van der Waals surface area contributed by atoms with Crippen molar-refractivity contribution in [3.8, 4) is 5.75 Å². The maximum absolute atomic E-state index is 11.1. The molecule has 0 unspecified atom stereocenters. The molecule has 3 heteroatoms. The van der Waals surface area contributed by atoms with Gasteiger partial charge in [-0.2, -0.15) is 0 Å². The second-order valence-electron chi connectivity index (χ2n) is 5.94. The van der Waals surface area contributed by atoms with E-state index in [4.69, 9.17) is 10.5 Å². The molecule has 3 nitrogen and oxygen atoms in total. The largest absolute Gasteiger partial charge is 0.410 e. The van der Waals surface area contributed by atoms with Crippen molar-refractivity contribution in [3.63, 3.8) is 0 Å². The van der Waals surface area contributed by atoms with Crippen molar-refractivity contribution < 1.29 is 9.53 Å². The van der Waals surface area contributed by atoms with E-state index in [0.29, 0.717) is 5.75 Å². The van der Waals surface area contributed by atoms with Gasteiger partial charge in [-0.25, -0.2) is 4.79 Å². The van der Waals surface area contributed by atoms with Crippen LogP contribution in [0.4, 0.5) is 4.79 Å². The third kappa shape index (κ3) is 6.97. The van der Waals surface area contributed by atoms with Crippen LogP contribution < -0.4 is 10.5 Å². The Hall–Kier alpha value is -1.51. The van der Waals surface area contributed by atoms with Gasteiger partial charge in [0.15, 0.2) is 0 Å². The molecule has 1 aromatic carbocycles. The van der Waals surface area contributed by atoms with Crippen molar-refractivity contribution in [1.29, 1.82) is 0 Å². The van der Waals surface area contributed by atoms with E-state index in [-0.39, 0.29) is 0 Å². The number of hydrogen-bond acceptors (Lipinski definition) is 2. The van der Waals surface area contributed by atoms with E-state index >= 15 is 0 Å². The number of hydrogen-bond donors (Lipinski definition) is 1. The Labute approximate surface area is 135 Å². The van der Waals surface area contributed by atoms with E-state index in [9.17, 15) is 4.79 Å². The third-order valence-corrected chi connectivity index (χ3v) is 4.02. The Morgan fingerprint density at radius 1 is 0.955 bits per heavy atom. The lowest BCUT2D eigenvalue weighted by atomic mass is 9.96. The number of rotatable bonds is 11. The van der Waals surface area contributed by atoms with Gasteiger partial charge in [-0.05, 0) is 42.9 Å². The van der Waals surface area contributed by atoms with E-state index < -0.39 is 6.09 Å². The first-order valence-corrected chi connectivity index (χ1v) is 8.77. The lowest BCUT2D eigenvalue weighted by Crippen LogP contribution is -2.17. The van der Waals surface area contributed by atoms with E-state index in [1.807, 2.05) is 12.1 Å². The molecule has 0 fully saturated rings. The first-order chi connectivity index (χ1) is 10.7. The maximum atomic E-state index is 11.1. The van der Waals surface area contributed by atoms with Gasteiger partial charge in [0.05, 0.1) is 0 Å². The minimum Gasteiger partial charge on any atom is -0.410 e. The molecule has 0 radical (unpaired) electrons. The molecule has 1 aromatic rings. The van der Waals surface area contributed by atoms with Crippen LogP contribution >= 0.6 is 0 Å². The summed E-state index contributed by atoms with van der Waals surface area (Å²) in [6.45, 7) is 4.43. The SMILES string of the molecule is CCCCCCc1cccc(OC(N)=O)c1CCCCCC. The van der Waals surface area contributed by atoms with Crippen molar-refractivity contribution in [2.45, 2.75) is 78.1 Å². The second kappa shape index (κ2) is 11.1. The van der Waals surface area contributed by atoms with Crippen LogP contribution in [-0.4, -0.2) is 6.09 Å². The first kappa shape index (κ1) is 18.5. The summed E-state index contributed by atoms with van der Waals surface area (Å²) < 4.78 is 5.21. The van der Waals surface area contributed by atoms with Crippen LogP contribution in [0.1, 0.15) is 76.3 Å². The molecule has 1 amide bonds. The summed E-state index contributed by atoms with van der Waals surface area (Å²) in [5.74, 6) is 0.650. The fourth-order valence-electron chi connectivity index (χ4n) is 2.80. The Morgan fingerprint density at radius 3 is 2.18 bits per heavy atom. The Kier molecular flexibility index (Phi) is 9.36. The quantitative estimate of drug-likeness (QED) is 0.557. The van der Waals surface area contributed by atoms with Gasteiger partial charge >= 0.3 is 6.09 Å². The van der Waals surface area contributed by atoms with Crippen molar-refractivity contribution >= 4 is 6.09 Å². The number of benzene rings is 1. The molecular weight excluding hydrogens is 274 g/mol. The highest BCUT2D eigenvalue weighted by atomic mass is 16.5. The fraction of sp³-hybridized carbons (Fsp3) is 0.632. The van der Waals surface area contributed by atoms with Crippen LogP contribution in [0.5, 0.6) is 5.75 Å². The molecule has 0 saturated heterocycles. The van der Waals surface area contributed by atoms with Gasteiger partial charge in [0, 0.05) is 0 Å². The van der Waals surface area contributed by atoms with Crippen molar-refractivity contribution in [2.24, 2.45) is 5.73 Å². The van der Waals surface area contributed by atoms with Crippen molar-refractivity contribution in [2.75, 3.05) is 0 Å². The van der Waals surface area contributed by atoms with Crippen LogP contribution in [0.2, 0.25) is 0 Å². The predicted molar refractivity (Wildman–Crippen MR) is 92.3 cm³/mol. The predicted octanol–water partition coefficient (Wildman–Crippen LogP) is 5.39. The minimum atomic E-state index is -0.724. The number of aryl methyl sites for hydroxylation is 1. The van der Waals surface area contributed by atoms with Crippen molar-refractivity contribution in [1.82, 2.24) is 0 Å². The number of primary amides is 1. The number of amides is 1. The summed E-state index contributed by atoms with van der Waals surface area (Å²) in [5.41, 5.74) is 7.68. The Balaban J connectivity index is 2.75. The van der Waals surface area contributed by atoms with E-state index in [1.165, 1.54) is 56.1 Å². The summed E-state index contributed by atoms with van der Waals surface area (Å²) in [7, 11) is 0. The van der Waals surface area contributed by atoms with Gasteiger partial charge in [0.1, 0.15) is 5.75 Å². The van der Waals surface area contributed by atoms with E-state index in [0.717, 1.165) is 19.3 Å². The summed E-state index contributed by atoms with van der Waals surface area (Å²) >= 11 is 0. The average molecular weight is 305 g/mol. The summed E-state index contributed by atoms with van der Waals surface area (Å²) in [5, 5.41) is 0. The van der Waals surface area contributed by atoms with E-state index in [2.05, 4.69) is 19.9 Å². The summed E-state index contributed by atoms with van der Waals surface area (Å²) in [4.78, 5) is 11.1. The van der Waals surface area contributed by atoms with Crippen LogP contribution in [0.3, 0.4) is 0 Å². The average Bonchev–Trinajstić information content (AvgIpc) is 2.49. The number of nitrogens with two attached hydrogens (primary N) is 1. The molecule has 22 heavy (non-hydrogen) atoms. The standard InChI is InChI=1S/C19H31NO2/c1-3-5-7-9-12-16-13-11-15-18(22-19(20)21)17(16)14-10-8-6-4-2/h11,13,15H,3-10,12,14H2,1-2H3,(H2,20,21). The number of carbonyl (C=O) groups is 1. The molecule has 124 valence electrons. The molecule has 0 bridgehead atoms. The molecular formula is C19H31NO2. The first-order valence-electron chi connectivity index (χ1n) is 8.77. The number of carbonyl (C=O) groups excluding carboxylic acids is 1. The van der Waals surface area contributed by atoms with Crippen LogP contribution in [0.15, 0.2) is 18.2 Å². The van der Waals surface area contributed by atoms with Gasteiger partial charge in [-0.1, -0.05) is 64.5 Å². The molecule has 0 aliphatic carbocycles. The smallest absolute Gasteiger partial charge is 0.409 e. The lowest BCUT2D eigenvalue weighted by Gasteiger charge is -2.14. The topological polar surface area (TPSA) is 52.3 Å². The minimum absolute atomic E-state index is 0.650. The van der Waals surface area contributed by atoms with Crippen LogP contribution in [0.25, 0.3) is 0 Å². The zero-order valence-electron chi connectivity index (χ0n) is 14.2. The molecule has 0 saturated carbocycles. The Morgan fingerprint density at radius 2 is 1.59 bits per heavy atom. The van der Waals surface area contributed by atoms with E-state index in [1.54, 1.807) is 0 Å². The van der Waals surface area contributed by atoms with Gasteiger partial charge in [-0.3, -0.25) is 0 Å². The van der Waals surface area contributed by atoms with Gasteiger partial charge < -0.3 is 10.5 Å². The Bertz CT molecular complexity index is 443. The lowest BCUT2D eigenvalue weighted by molar-refractivity contribution is 0.210. The maximum Gasteiger partial charge on any atom is 0.409 e. The molecule has 0 aliphatic heterocycles. The fourth-order valence-corrected chi connectivity index (χ4v) is 2.80. The molecule has 2 N–H and O–H groups in total.